The van der Waals surface area contributed by atoms with Crippen LogP contribution in [0.4, 0.5) is 0 Å². The molecule has 4 heteroatoms. The molecule has 1 aromatic rings. The molecule has 0 aromatic carbocycles. The van der Waals surface area contributed by atoms with Gasteiger partial charge in [0.2, 0.25) is 5.89 Å². The van der Waals surface area contributed by atoms with Crippen molar-refractivity contribution in [2.45, 2.75) is 57.8 Å². The fraction of sp³-hybridized carbons (Fsp3) is 0.692. The molecule has 2 rings (SSSR count). The minimum Gasteiger partial charge on any atom is -0.481 e. The lowest BCUT2D eigenvalue weighted by molar-refractivity contribution is -0.137. The first-order chi connectivity index (χ1) is 8.01. The van der Waals surface area contributed by atoms with Gasteiger partial charge in [-0.25, -0.2) is 4.98 Å². The Labute approximate surface area is 101 Å². The van der Waals surface area contributed by atoms with Gasteiger partial charge in [-0.2, -0.15) is 0 Å². The lowest BCUT2D eigenvalue weighted by Crippen LogP contribution is -2.17. The van der Waals surface area contributed by atoms with Crippen LogP contribution in [0.2, 0.25) is 0 Å². The van der Waals surface area contributed by atoms with Gasteiger partial charge in [0, 0.05) is 11.8 Å². The molecule has 0 saturated heterocycles. The Hall–Kier alpha value is -1.32. The third-order valence-electron chi connectivity index (χ3n) is 3.68. The van der Waals surface area contributed by atoms with Crippen molar-refractivity contribution in [3.8, 4) is 0 Å². The van der Waals surface area contributed by atoms with Crippen molar-refractivity contribution in [1.29, 1.82) is 0 Å². The third-order valence-corrected chi connectivity index (χ3v) is 3.68. The average molecular weight is 237 g/mol. The van der Waals surface area contributed by atoms with Crippen LogP contribution in [0.25, 0.3) is 0 Å². The van der Waals surface area contributed by atoms with E-state index in [1.807, 2.05) is 6.92 Å². The highest BCUT2D eigenvalue weighted by molar-refractivity contribution is 5.66. The monoisotopic (exact) mass is 237 g/mol. The summed E-state index contributed by atoms with van der Waals surface area (Å²) < 4.78 is 5.78. The van der Waals surface area contributed by atoms with Crippen LogP contribution in [0.1, 0.15) is 56.4 Å². The van der Waals surface area contributed by atoms with E-state index in [0.29, 0.717) is 6.42 Å². The van der Waals surface area contributed by atoms with E-state index in [4.69, 9.17) is 9.52 Å². The maximum absolute atomic E-state index is 10.5. The predicted molar refractivity (Wildman–Crippen MR) is 63.0 cm³/mol. The van der Waals surface area contributed by atoms with Gasteiger partial charge >= 0.3 is 5.97 Å². The highest BCUT2D eigenvalue weighted by atomic mass is 16.4. The van der Waals surface area contributed by atoms with Gasteiger partial charge < -0.3 is 9.52 Å². The maximum atomic E-state index is 10.5. The van der Waals surface area contributed by atoms with Crippen molar-refractivity contribution in [2.75, 3.05) is 0 Å². The number of carbonyl (C=O) groups is 1. The lowest BCUT2D eigenvalue weighted by atomic mass is 9.89. The van der Waals surface area contributed by atoms with Gasteiger partial charge in [0.05, 0.1) is 12.1 Å². The van der Waals surface area contributed by atoms with Crippen LogP contribution in [0.3, 0.4) is 0 Å². The van der Waals surface area contributed by atoms with E-state index in [1.165, 1.54) is 12.8 Å². The Morgan fingerprint density at radius 1 is 1.47 bits per heavy atom. The summed E-state index contributed by atoms with van der Waals surface area (Å²) in [5, 5.41) is 8.67. The second-order valence-corrected chi connectivity index (χ2v) is 5.19. The molecule has 17 heavy (non-hydrogen) atoms. The Morgan fingerprint density at radius 3 is 2.71 bits per heavy atom. The Morgan fingerprint density at radius 2 is 2.12 bits per heavy atom. The normalized spacial score (nSPS) is 18.5. The average Bonchev–Trinajstić information content (AvgIpc) is 2.83. The molecule has 1 N–H and O–H groups in total. The van der Waals surface area contributed by atoms with Gasteiger partial charge in [-0.15, -0.1) is 0 Å². The van der Waals surface area contributed by atoms with Crippen LogP contribution in [0, 0.1) is 6.92 Å². The summed E-state index contributed by atoms with van der Waals surface area (Å²) in [5.41, 5.74) is 0.904. The van der Waals surface area contributed by atoms with Crippen LogP contribution in [-0.2, 0) is 16.6 Å². The fourth-order valence-corrected chi connectivity index (χ4v) is 2.51. The lowest BCUT2D eigenvalue weighted by Gasteiger charge is -2.18. The largest absolute Gasteiger partial charge is 0.481 e. The molecule has 0 atom stereocenters. The number of hydrogen-bond acceptors (Lipinski definition) is 3. The van der Waals surface area contributed by atoms with Gasteiger partial charge in [0.25, 0.3) is 0 Å². The van der Waals surface area contributed by atoms with E-state index >= 15 is 0 Å². The molecule has 1 heterocycles. The first-order valence-corrected chi connectivity index (χ1v) is 6.20. The number of carboxylic acids is 1. The molecule has 1 aliphatic rings. The minimum absolute atomic E-state index is 0.0617. The van der Waals surface area contributed by atoms with E-state index in [0.717, 1.165) is 30.2 Å². The van der Waals surface area contributed by atoms with Crippen molar-refractivity contribution >= 4 is 5.97 Å². The highest BCUT2D eigenvalue weighted by Gasteiger charge is 2.35. The zero-order chi connectivity index (χ0) is 12.5. The summed E-state index contributed by atoms with van der Waals surface area (Å²) in [5.74, 6) is 0.734. The zero-order valence-electron chi connectivity index (χ0n) is 10.5. The minimum atomic E-state index is -0.797. The Kier molecular flexibility index (Phi) is 3.22. The maximum Gasteiger partial charge on any atom is 0.303 e. The smallest absolute Gasteiger partial charge is 0.303 e. The summed E-state index contributed by atoms with van der Waals surface area (Å²) in [7, 11) is 0. The zero-order valence-corrected chi connectivity index (χ0v) is 10.5. The number of oxazole rings is 1. The Bertz CT molecular complexity index is 416. The summed E-state index contributed by atoms with van der Waals surface area (Å²) in [6.07, 6.45) is 5.22. The fourth-order valence-electron chi connectivity index (χ4n) is 2.51. The van der Waals surface area contributed by atoms with Crippen LogP contribution in [0.5, 0.6) is 0 Å². The number of aliphatic carboxylic acids is 1. The van der Waals surface area contributed by atoms with Crippen molar-refractivity contribution in [2.24, 2.45) is 0 Å². The van der Waals surface area contributed by atoms with E-state index in [1.54, 1.807) is 0 Å². The second kappa shape index (κ2) is 4.51. The van der Waals surface area contributed by atoms with Crippen molar-refractivity contribution in [3.05, 3.63) is 17.3 Å². The molecular formula is C13H19NO3. The summed E-state index contributed by atoms with van der Waals surface area (Å²) in [6, 6.07) is 0. The van der Waals surface area contributed by atoms with Crippen molar-refractivity contribution < 1.29 is 14.3 Å². The number of hydrogen-bond donors (Lipinski definition) is 1. The molecule has 94 valence electrons. The molecule has 4 nitrogen and oxygen atoms in total. The molecule has 0 spiro atoms. The summed E-state index contributed by atoms with van der Waals surface area (Å²) in [4.78, 5) is 15.0. The van der Waals surface area contributed by atoms with Gasteiger partial charge in [-0.3, -0.25) is 4.79 Å². The van der Waals surface area contributed by atoms with Gasteiger partial charge in [-0.1, -0.05) is 19.8 Å². The second-order valence-electron chi connectivity index (χ2n) is 5.19. The summed E-state index contributed by atoms with van der Waals surface area (Å²) >= 11 is 0. The quantitative estimate of drug-likeness (QED) is 0.874. The van der Waals surface area contributed by atoms with Crippen LogP contribution in [-0.4, -0.2) is 16.1 Å². The molecule has 0 radical (unpaired) electrons. The SMILES string of the molecule is Cc1nc(C2(C)CCCC2)oc1CCC(=O)O. The molecule has 1 aromatic heterocycles. The number of carboxylic acid groups (broad SMARTS) is 1. The molecule has 0 aliphatic heterocycles. The molecular weight excluding hydrogens is 218 g/mol. The standard InChI is InChI=1S/C13H19NO3/c1-9-10(5-6-11(15)16)17-12(14-9)13(2)7-3-4-8-13/h3-8H2,1-2H3,(H,15,16). The molecule has 0 bridgehead atoms. The number of nitrogens with zero attached hydrogens (tertiary/aromatic N) is 1. The first kappa shape index (κ1) is 12.1. The molecule has 1 aliphatic carbocycles. The molecule has 0 amide bonds. The van der Waals surface area contributed by atoms with Gasteiger partial charge in [-0.05, 0) is 19.8 Å². The molecule has 0 unspecified atom stereocenters. The van der Waals surface area contributed by atoms with E-state index in [2.05, 4.69) is 11.9 Å². The molecule has 1 saturated carbocycles. The number of aryl methyl sites for hydroxylation is 2. The van der Waals surface area contributed by atoms with E-state index < -0.39 is 5.97 Å². The topological polar surface area (TPSA) is 63.3 Å². The number of aromatic nitrogens is 1. The van der Waals surface area contributed by atoms with Crippen molar-refractivity contribution in [3.63, 3.8) is 0 Å². The van der Waals surface area contributed by atoms with Crippen LogP contribution >= 0.6 is 0 Å². The van der Waals surface area contributed by atoms with Crippen LogP contribution in [0.15, 0.2) is 4.42 Å². The van der Waals surface area contributed by atoms with Crippen LogP contribution < -0.4 is 0 Å². The third kappa shape index (κ3) is 2.51. The molecule has 1 fully saturated rings. The van der Waals surface area contributed by atoms with Gasteiger partial charge in [0.15, 0.2) is 0 Å². The van der Waals surface area contributed by atoms with Gasteiger partial charge in [0.1, 0.15) is 5.76 Å². The summed E-state index contributed by atoms with van der Waals surface area (Å²) in [6.45, 7) is 4.08. The highest BCUT2D eigenvalue weighted by Crippen LogP contribution is 2.40. The van der Waals surface area contributed by atoms with Crippen molar-refractivity contribution in [1.82, 2.24) is 4.98 Å². The van der Waals surface area contributed by atoms with E-state index in [9.17, 15) is 4.79 Å². The first-order valence-electron chi connectivity index (χ1n) is 6.20. The van der Waals surface area contributed by atoms with E-state index in [-0.39, 0.29) is 11.8 Å². The predicted octanol–water partition coefficient (Wildman–Crippen LogP) is 2.83. The number of rotatable bonds is 4. The Balaban J connectivity index is 2.15.